The first kappa shape index (κ1) is 13.6. The summed E-state index contributed by atoms with van der Waals surface area (Å²) in [4.78, 5) is 13.9. The topological polar surface area (TPSA) is 59.0 Å². The van der Waals surface area contributed by atoms with Crippen molar-refractivity contribution in [2.24, 2.45) is 0 Å². The highest BCUT2D eigenvalue weighted by molar-refractivity contribution is 5.69. The van der Waals surface area contributed by atoms with Gasteiger partial charge in [-0.25, -0.2) is 4.79 Å². The number of morpholine rings is 1. The summed E-state index contributed by atoms with van der Waals surface area (Å²) in [5.74, 6) is 0. The number of hydrogen-bond donors (Lipinski definition) is 1. The summed E-state index contributed by atoms with van der Waals surface area (Å²) in [7, 11) is 0. The van der Waals surface area contributed by atoms with Gasteiger partial charge in [0.1, 0.15) is 5.60 Å². The van der Waals surface area contributed by atoms with Gasteiger partial charge in [-0.05, 0) is 40.0 Å². The first-order valence-electron chi connectivity index (χ1n) is 6.66. The molecular formula is C13H23NO4. The standard InChI is InChI=1S/C13H23NO4/c1-13(2,3)18-12(16)14-7-9(8-15)17-11-6-4-5-10(11)14/h9-11,15H,4-8H2,1-3H3/t9-,10-,11+/m0/s1. The third-order valence-electron chi connectivity index (χ3n) is 3.42. The van der Waals surface area contributed by atoms with Gasteiger partial charge in [0, 0.05) is 0 Å². The van der Waals surface area contributed by atoms with Crippen molar-refractivity contribution in [2.45, 2.75) is 63.9 Å². The zero-order valence-electron chi connectivity index (χ0n) is 11.4. The number of rotatable bonds is 1. The molecule has 0 spiro atoms. The molecule has 2 fully saturated rings. The van der Waals surface area contributed by atoms with Gasteiger partial charge in [0.05, 0.1) is 31.4 Å². The van der Waals surface area contributed by atoms with Crippen molar-refractivity contribution in [3.05, 3.63) is 0 Å². The van der Waals surface area contributed by atoms with Gasteiger partial charge < -0.3 is 14.6 Å². The largest absolute Gasteiger partial charge is 0.444 e. The van der Waals surface area contributed by atoms with Crippen LogP contribution < -0.4 is 0 Å². The van der Waals surface area contributed by atoms with Gasteiger partial charge in [0.25, 0.3) is 0 Å². The number of hydrogen-bond acceptors (Lipinski definition) is 4. The van der Waals surface area contributed by atoms with E-state index in [4.69, 9.17) is 9.47 Å². The zero-order chi connectivity index (χ0) is 13.3. The van der Waals surface area contributed by atoms with Crippen molar-refractivity contribution < 1.29 is 19.4 Å². The van der Waals surface area contributed by atoms with E-state index in [0.717, 1.165) is 19.3 Å². The Labute approximate surface area is 108 Å². The van der Waals surface area contributed by atoms with Crippen LogP contribution in [0, 0.1) is 0 Å². The molecule has 104 valence electrons. The van der Waals surface area contributed by atoms with Crippen LogP contribution in [0.5, 0.6) is 0 Å². The SMILES string of the molecule is CC(C)(C)OC(=O)N1C[C@@H](CO)O[C@@H]2CCC[C@@H]21. The molecule has 0 unspecified atom stereocenters. The Morgan fingerprint density at radius 1 is 1.44 bits per heavy atom. The summed E-state index contributed by atoms with van der Waals surface area (Å²) in [6.07, 6.45) is 2.47. The molecule has 0 radical (unpaired) electrons. The molecule has 1 saturated carbocycles. The van der Waals surface area contributed by atoms with E-state index in [1.54, 1.807) is 4.90 Å². The molecule has 0 aromatic rings. The van der Waals surface area contributed by atoms with Gasteiger partial charge in [-0.15, -0.1) is 0 Å². The zero-order valence-corrected chi connectivity index (χ0v) is 11.4. The molecule has 1 heterocycles. The number of fused-ring (bicyclic) bond motifs is 1. The number of carbonyl (C=O) groups is 1. The molecule has 3 atom stereocenters. The van der Waals surface area contributed by atoms with Gasteiger partial charge in [-0.3, -0.25) is 4.90 Å². The molecule has 0 bridgehead atoms. The van der Waals surface area contributed by atoms with Crippen molar-refractivity contribution in [3.8, 4) is 0 Å². The molecular weight excluding hydrogens is 234 g/mol. The molecule has 1 N–H and O–H groups in total. The van der Waals surface area contributed by atoms with Gasteiger partial charge in [-0.2, -0.15) is 0 Å². The lowest BCUT2D eigenvalue weighted by molar-refractivity contribution is -0.120. The molecule has 0 aromatic carbocycles. The van der Waals surface area contributed by atoms with Gasteiger partial charge >= 0.3 is 6.09 Å². The van der Waals surface area contributed by atoms with E-state index < -0.39 is 5.60 Å². The number of amides is 1. The Morgan fingerprint density at radius 3 is 2.78 bits per heavy atom. The van der Waals surface area contributed by atoms with E-state index >= 15 is 0 Å². The highest BCUT2D eigenvalue weighted by Crippen LogP contribution is 2.32. The predicted octanol–water partition coefficient (Wildman–Crippen LogP) is 1.54. The molecule has 1 amide bonds. The summed E-state index contributed by atoms with van der Waals surface area (Å²) < 4.78 is 11.2. The number of ether oxygens (including phenoxy) is 2. The van der Waals surface area contributed by atoms with Crippen LogP contribution in [0.4, 0.5) is 4.79 Å². The highest BCUT2D eigenvalue weighted by Gasteiger charge is 2.43. The van der Waals surface area contributed by atoms with Crippen molar-refractivity contribution in [1.29, 1.82) is 0 Å². The average Bonchev–Trinajstić information content (AvgIpc) is 2.72. The van der Waals surface area contributed by atoms with Crippen molar-refractivity contribution >= 4 is 6.09 Å². The summed E-state index contributed by atoms with van der Waals surface area (Å²) in [6, 6.07) is 0.114. The van der Waals surface area contributed by atoms with Crippen molar-refractivity contribution in [2.75, 3.05) is 13.2 Å². The van der Waals surface area contributed by atoms with Crippen LogP contribution in [0.15, 0.2) is 0 Å². The molecule has 2 rings (SSSR count). The van der Waals surface area contributed by atoms with E-state index in [1.165, 1.54) is 0 Å². The first-order valence-corrected chi connectivity index (χ1v) is 6.66. The smallest absolute Gasteiger partial charge is 0.410 e. The Kier molecular flexibility index (Phi) is 3.82. The monoisotopic (exact) mass is 257 g/mol. The quantitative estimate of drug-likeness (QED) is 0.774. The van der Waals surface area contributed by atoms with Crippen LogP contribution in [0.3, 0.4) is 0 Å². The molecule has 0 aromatic heterocycles. The highest BCUT2D eigenvalue weighted by atomic mass is 16.6. The van der Waals surface area contributed by atoms with Crippen LogP contribution >= 0.6 is 0 Å². The number of carbonyl (C=O) groups excluding carboxylic acids is 1. The third-order valence-corrected chi connectivity index (χ3v) is 3.42. The average molecular weight is 257 g/mol. The summed E-state index contributed by atoms with van der Waals surface area (Å²) >= 11 is 0. The van der Waals surface area contributed by atoms with E-state index in [9.17, 15) is 9.90 Å². The Hall–Kier alpha value is -0.810. The summed E-state index contributed by atoms with van der Waals surface area (Å²) in [6.45, 7) is 5.96. The van der Waals surface area contributed by atoms with Crippen molar-refractivity contribution in [3.63, 3.8) is 0 Å². The lowest BCUT2D eigenvalue weighted by Crippen LogP contribution is -2.56. The maximum absolute atomic E-state index is 12.2. The maximum atomic E-state index is 12.2. The summed E-state index contributed by atoms with van der Waals surface area (Å²) in [5.41, 5.74) is -0.488. The first-order chi connectivity index (χ1) is 8.40. The predicted molar refractivity (Wildman–Crippen MR) is 66.3 cm³/mol. The van der Waals surface area contributed by atoms with Crippen LogP contribution in [0.2, 0.25) is 0 Å². The van der Waals surface area contributed by atoms with Crippen molar-refractivity contribution in [1.82, 2.24) is 4.90 Å². The lowest BCUT2D eigenvalue weighted by Gasteiger charge is -2.41. The number of aliphatic hydroxyl groups is 1. The number of nitrogens with zero attached hydrogens (tertiary/aromatic N) is 1. The Bertz CT molecular complexity index is 313. The number of aliphatic hydroxyl groups excluding tert-OH is 1. The van der Waals surface area contributed by atoms with Crippen LogP contribution in [-0.4, -0.2) is 53.1 Å². The second-order valence-electron chi connectivity index (χ2n) is 6.11. The summed E-state index contributed by atoms with van der Waals surface area (Å²) in [5, 5.41) is 9.24. The maximum Gasteiger partial charge on any atom is 0.410 e. The van der Waals surface area contributed by atoms with E-state index in [1.807, 2.05) is 20.8 Å². The van der Waals surface area contributed by atoms with Crippen LogP contribution in [0.25, 0.3) is 0 Å². The molecule has 5 nitrogen and oxygen atoms in total. The fourth-order valence-electron chi connectivity index (χ4n) is 2.70. The normalized spacial score (nSPS) is 32.2. The van der Waals surface area contributed by atoms with Crippen LogP contribution in [-0.2, 0) is 9.47 Å². The third kappa shape index (κ3) is 2.95. The van der Waals surface area contributed by atoms with E-state index in [2.05, 4.69) is 0 Å². The van der Waals surface area contributed by atoms with Gasteiger partial charge in [0.2, 0.25) is 0 Å². The second kappa shape index (κ2) is 5.05. The second-order valence-corrected chi connectivity index (χ2v) is 6.11. The van der Waals surface area contributed by atoms with E-state index in [-0.39, 0.29) is 30.9 Å². The molecule has 1 saturated heterocycles. The molecule has 2 aliphatic rings. The van der Waals surface area contributed by atoms with Gasteiger partial charge in [0.15, 0.2) is 0 Å². The van der Waals surface area contributed by atoms with Crippen LogP contribution in [0.1, 0.15) is 40.0 Å². The minimum Gasteiger partial charge on any atom is -0.444 e. The molecule has 1 aliphatic heterocycles. The minimum atomic E-state index is -0.488. The van der Waals surface area contributed by atoms with Gasteiger partial charge in [-0.1, -0.05) is 0 Å². The fourth-order valence-corrected chi connectivity index (χ4v) is 2.70. The Morgan fingerprint density at radius 2 is 2.17 bits per heavy atom. The molecule has 18 heavy (non-hydrogen) atoms. The lowest BCUT2D eigenvalue weighted by atomic mass is 10.1. The fraction of sp³-hybridized carbons (Fsp3) is 0.923. The Balaban J connectivity index is 2.06. The molecule has 5 heteroatoms. The van der Waals surface area contributed by atoms with E-state index in [0.29, 0.717) is 6.54 Å². The minimum absolute atomic E-state index is 0.0531. The molecule has 1 aliphatic carbocycles.